The van der Waals surface area contributed by atoms with Gasteiger partial charge in [-0.15, -0.1) is 0 Å². The maximum atomic E-state index is 13.4. The van der Waals surface area contributed by atoms with Gasteiger partial charge in [0.25, 0.3) is 5.78 Å². The molecule has 8 nitrogen and oxygen atoms in total. The Morgan fingerprint density at radius 1 is 1.19 bits per heavy atom. The zero-order valence-electron chi connectivity index (χ0n) is 19.9. The van der Waals surface area contributed by atoms with Gasteiger partial charge >= 0.3 is 11.9 Å². The smallest absolute Gasteiger partial charge is 0.350 e. The van der Waals surface area contributed by atoms with E-state index in [0.717, 1.165) is 21.8 Å². The molecule has 2 aliphatic rings. The first kappa shape index (κ1) is 25.3. The summed E-state index contributed by atoms with van der Waals surface area (Å²) in [5, 5.41) is 12.0. The second-order valence-corrected chi connectivity index (χ2v) is 10.5. The van der Waals surface area contributed by atoms with E-state index in [1.165, 1.54) is 13.2 Å². The predicted molar refractivity (Wildman–Crippen MR) is 140 cm³/mol. The van der Waals surface area contributed by atoms with E-state index in [2.05, 4.69) is 4.98 Å². The molecule has 2 aliphatic heterocycles. The van der Waals surface area contributed by atoms with Crippen molar-refractivity contribution in [2.24, 2.45) is 0 Å². The van der Waals surface area contributed by atoms with Crippen LogP contribution in [0.5, 0.6) is 5.75 Å². The number of halogens is 2. The van der Waals surface area contributed by atoms with Gasteiger partial charge in [-0.2, -0.15) is 0 Å². The molecule has 5 rings (SSSR count). The number of aromatic nitrogens is 1. The number of hydrogen-bond acceptors (Lipinski definition) is 8. The molecule has 0 aliphatic carbocycles. The standard InChI is InChI=1S/C26H20Cl2N2O6S/c1-11-8-15-9-14(5-7-18(15)36-11)21(31)19-20(13-4-6-16(27)17(28)10-13)30(24(33)22(19)32)26-29-12(2)23(37-26)25(34)35-3/h4-7,9-11,20,31H,8H2,1-3H3/b21-19+. The molecule has 11 heteroatoms. The van der Waals surface area contributed by atoms with Gasteiger partial charge in [-0.25, -0.2) is 9.78 Å². The third-order valence-electron chi connectivity index (χ3n) is 6.24. The molecule has 1 amide bonds. The summed E-state index contributed by atoms with van der Waals surface area (Å²) in [4.78, 5) is 44.7. The van der Waals surface area contributed by atoms with E-state index in [1.807, 2.05) is 6.92 Å². The van der Waals surface area contributed by atoms with Gasteiger partial charge in [-0.05, 0) is 55.3 Å². The number of Topliss-reactive ketones (excluding diaryl/α,β-unsaturated/α-hetero) is 1. The van der Waals surface area contributed by atoms with Gasteiger partial charge in [0.2, 0.25) is 0 Å². The van der Waals surface area contributed by atoms with E-state index in [9.17, 15) is 19.5 Å². The number of aliphatic hydroxyl groups excluding tert-OH is 1. The lowest BCUT2D eigenvalue weighted by atomic mass is 9.94. The fourth-order valence-electron chi connectivity index (χ4n) is 4.52. The van der Waals surface area contributed by atoms with E-state index in [0.29, 0.717) is 29.0 Å². The predicted octanol–water partition coefficient (Wildman–Crippen LogP) is 5.49. The van der Waals surface area contributed by atoms with Crippen LogP contribution in [-0.4, -0.2) is 41.0 Å². The van der Waals surface area contributed by atoms with Crippen LogP contribution in [0.3, 0.4) is 0 Å². The van der Waals surface area contributed by atoms with Crippen LogP contribution in [-0.2, 0) is 20.7 Å². The number of thiazole rings is 1. The van der Waals surface area contributed by atoms with Crippen molar-refractivity contribution in [1.82, 2.24) is 4.98 Å². The molecule has 0 spiro atoms. The molecule has 37 heavy (non-hydrogen) atoms. The van der Waals surface area contributed by atoms with Crippen LogP contribution in [0.1, 0.15) is 45.0 Å². The minimum Gasteiger partial charge on any atom is -0.507 e. The van der Waals surface area contributed by atoms with E-state index in [-0.39, 0.29) is 37.5 Å². The Balaban J connectivity index is 1.70. The zero-order valence-corrected chi connectivity index (χ0v) is 22.2. The number of carbonyl (C=O) groups excluding carboxylic acids is 3. The number of ether oxygens (including phenoxy) is 2. The van der Waals surface area contributed by atoms with Gasteiger partial charge in [0, 0.05) is 12.0 Å². The van der Waals surface area contributed by atoms with Crippen LogP contribution in [0.15, 0.2) is 42.0 Å². The third kappa shape index (κ3) is 4.27. The van der Waals surface area contributed by atoms with Crippen LogP contribution in [0.2, 0.25) is 10.0 Å². The molecule has 1 saturated heterocycles. The van der Waals surface area contributed by atoms with Crippen molar-refractivity contribution in [3.05, 3.63) is 79.3 Å². The quantitative estimate of drug-likeness (QED) is 0.195. The number of ketones is 1. The molecule has 0 saturated carbocycles. The topological polar surface area (TPSA) is 106 Å². The van der Waals surface area contributed by atoms with Crippen LogP contribution >= 0.6 is 34.5 Å². The highest BCUT2D eigenvalue weighted by Crippen LogP contribution is 2.45. The number of benzene rings is 2. The number of aliphatic hydroxyl groups is 1. The summed E-state index contributed by atoms with van der Waals surface area (Å²) in [7, 11) is 1.24. The van der Waals surface area contributed by atoms with Crippen molar-refractivity contribution in [3.8, 4) is 5.75 Å². The number of esters is 1. The largest absolute Gasteiger partial charge is 0.507 e. The SMILES string of the molecule is COC(=O)c1sc(N2C(=O)C(=O)/C(=C(/O)c3ccc4c(c3)CC(C)O4)C2c2ccc(Cl)c(Cl)c2)nc1C. The first-order valence-corrected chi connectivity index (χ1v) is 12.8. The van der Waals surface area contributed by atoms with Crippen molar-refractivity contribution in [2.75, 3.05) is 12.0 Å². The van der Waals surface area contributed by atoms with Crippen LogP contribution < -0.4 is 9.64 Å². The first-order chi connectivity index (χ1) is 17.6. The Morgan fingerprint density at radius 3 is 2.65 bits per heavy atom. The number of hydrogen-bond donors (Lipinski definition) is 1. The highest BCUT2D eigenvalue weighted by molar-refractivity contribution is 7.17. The average molecular weight is 559 g/mol. The lowest BCUT2D eigenvalue weighted by molar-refractivity contribution is -0.132. The number of anilines is 1. The minimum absolute atomic E-state index is 0.00802. The van der Waals surface area contributed by atoms with Crippen molar-refractivity contribution in [3.63, 3.8) is 0 Å². The van der Waals surface area contributed by atoms with Crippen LogP contribution in [0.4, 0.5) is 5.13 Å². The summed E-state index contributed by atoms with van der Waals surface area (Å²) in [5.74, 6) is -2.05. The van der Waals surface area contributed by atoms with Gasteiger partial charge in [0.1, 0.15) is 22.5 Å². The number of fused-ring (bicyclic) bond motifs is 1. The first-order valence-electron chi connectivity index (χ1n) is 11.2. The Morgan fingerprint density at radius 2 is 1.95 bits per heavy atom. The Bertz CT molecular complexity index is 1510. The van der Waals surface area contributed by atoms with Gasteiger partial charge in [0.05, 0.1) is 34.5 Å². The van der Waals surface area contributed by atoms with E-state index in [1.54, 1.807) is 37.3 Å². The van der Waals surface area contributed by atoms with Gasteiger partial charge in [-0.3, -0.25) is 14.5 Å². The maximum absolute atomic E-state index is 13.4. The monoisotopic (exact) mass is 558 g/mol. The average Bonchev–Trinajstić information content (AvgIpc) is 3.52. The lowest BCUT2D eigenvalue weighted by Gasteiger charge is -2.23. The summed E-state index contributed by atoms with van der Waals surface area (Å²) in [6, 6.07) is 8.72. The molecular weight excluding hydrogens is 539 g/mol. The molecule has 1 N–H and O–H groups in total. The number of amides is 1. The summed E-state index contributed by atoms with van der Waals surface area (Å²) in [6.45, 7) is 3.54. The van der Waals surface area contributed by atoms with Gasteiger partial charge in [0.15, 0.2) is 5.13 Å². The summed E-state index contributed by atoms with van der Waals surface area (Å²) >= 11 is 13.3. The third-order valence-corrected chi connectivity index (χ3v) is 8.11. The highest BCUT2D eigenvalue weighted by atomic mass is 35.5. The van der Waals surface area contributed by atoms with Crippen molar-refractivity contribution < 1.29 is 29.0 Å². The number of aryl methyl sites for hydroxylation is 1. The molecule has 3 heterocycles. The molecule has 2 aromatic carbocycles. The minimum atomic E-state index is -1.07. The number of rotatable bonds is 4. The Kier molecular flexibility index (Phi) is 6.47. The number of carbonyl (C=O) groups is 3. The molecule has 190 valence electrons. The molecule has 0 radical (unpaired) electrons. The van der Waals surface area contributed by atoms with E-state index < -0.39 is 23.7 Å². The summed E-state index contributed by atoms with van der Waals surface area (Å²) < 4.78 is 10.6. The second kappa shape index (κ2) is 9.48. The molecule has 2 atom stereocenters. The fourth-order valence-corrected chi connectivity index (χ4v) is 5.84. The molecule has 1 fully saturated rings. The summed E-state index contributed by atoms with van der Waals surface area (Å²) in [5.41, 5.74) is 1.89. The van der Waals surface area contributed by atoms with E-state index >= 15 is 0 Å². The zero-order chi connectivity index (χ0) is 26.6. The van der Waals surface area contributed by atoms with E-state index in [4.69, 9.17) is 32.7 Å². The second-order valence-electron chi connectivity index (χ2n) is 8.70. The fraction of sp³-hybridized carbons (Fsp3) is 0.231. The lowest BCUT2D eigenvalue weighted by Crippen LogP contribution is -2.29. The Labute approximate surface area is 226 Å². The van der Waals surface area contributed by atoms with Crippen molar-refractivity contribution in [1.29, 1.82) is 0 Å². The number of nitrogens with zero attached hydrogens (tertiary/aromatic N) is 2. The van der Waals surface area contributed by atoms with Crippen molar-refractivity contribution in [2.45, 2.75) is 32.4 Å². The highest BCUT2D eigenvalue weighted by Gasteiger charge is 2.48. The summed E-state index contributed by atoms with van der Waals surface area (Å²) in [6.07, 6.45) is 0.640. The van der Waals surface area contributed by atoms with Gasteiger partial charge < -0.3 is 14.6 Å². The Hall–Kier alpha value is -3.40. The molecule has 0 bridgehead atoms. The molecule has 3 aromatic rings. The normalized spacial score (nSPS) is 20.2. The molecule has 1 aromatic heterocycles. The molecule has 2 unspecified atom stereocenters. The molecular formula is C26H20Cl2N2O6S. The maximum Gasteiger partial charge on any atom is 0.350 e. The van der Waals surface area contributed by atoms with Crippen LogP contribution in [0, 0.1) is 6.92 Å². The van der Waals surface area contributed by atoms with Crippen molar-refractivity contribution >= 4 is 63.1 Å². The number of methoxy groups -OCH3 is 1. The van der Waals surface area contributed by atoms with Gasteiger partial charge in [-0.1, -0.05) is 40.6 Å². The van der Waals surface area contributed by atoms with Crippen LogP contribution in [0.25, 0.3) is 5.76 Å².